The predicted octanol–water partition coefficient (Wildman–Crippen LogP) is 5.63. The smallest absolute Gasteiger partial charge is 0.221 e. The van der Waals surface area contributed by atoms with E-state index in [2.05, 4.69) is 10.1 Å². The molecule has 0 saturated heterocycles. The van der Waals surface area contributed by atoms with Crippen LogP contribution < -0.4 is 5.73 Å². The monoisotopic (exact) mass is 398 g/mol. The number of nitrogens with two attached hydrogens (primary N) is 1. The first kappa shape index (κ1) is 17.1. The van der Waals surface area contributed by atoms with E-state index in [-0.39, 0.29) is 5.95 Å². The van der Waals surface area contributed by atoms with Crippen LogP contribution in [0.25, 0.3) is 11.3 Å². The Morgan fingerprint density at radius 1 is 0.958 bits per heavy atom. The molecule has 0 aliphatic heterocycles. The van der Waals surface area contributed by atoms with E-state index in [9.17, 15) is 0 Å². The maximum atomic E-state index is 6.11. The number of imidazole rings is 1. The van der Waals surface area contributed by atoms with E-state index >= 15 is 0 Å². The Hall–Kier alpha value is -1.72. The fourth-order valence-corrected chi connectivity index (χ4v) is 2.76. The summed E-state index contributed by atoms with van der Waals surface area (Å²) in [6.45, 7) is 0. The molecule has 2 N–H and O–H groups in total. The molecule has 3 rings (SSSR count). The average molecular weight is 400 g/mol. The Balaban J connectivity index is 1.91. The lowest BCUT2D eigenvalue weighted by atomic mass is 10.2. The highest BCUT2D eigenvalue weighted by Gasteiger charge is 2.08. The molecule has 0 spiro atoms. The summed E-state index contributed by atoms with van der Waals surface area (Å²) in [5.74, 6) is 0.234. The molecule has 3 aromatic rings. The molecule has 0 atom stereocenters. The summed E-state index contributed by atoms with van der Waals surface area (Å²) in [6.07, 6.45) is 3.27. The molecule has 0 bridgehead atoms. The normalized spacial score (nSPS) is 11.3. The molecular formula is C16H10Cl4N4. The Morgan fingerprint density at radius 3 is 2.46 bits per heavy atom. The highest BCUT2D eigenvalue weighted by Crippen LogP contribution is 2.28. The molecule has 0 unspecified atom stereocenters. The van der Waals surface area contributed by atoms with Crippen molar-refractivity contribution in [2.45, 2.75) is 0 Å². The first-order valence-corrected chi connectivity index (χ1v) is 8.25. The Morgan fingerprint density at radius 2 is 1.75 bits per heavy atom. The van der Waals surface area contributed by atoms with Gasteiger partial charge in [0.1, 0.15) is 0 Å². The van der Waals surface area contributed by atoms with Crippen LogP contribution in [-0.2, 0) is 0 Å². The lowest BCUT2D eigenvalue weighted by Crippen LogP contribution is -1.97. The number of nitrogens with zero attached hydrogens (tertiary/aromatic N) is 3. The first-order chi connectivity index (χ1) is 11.4. The van der Waals surface area contributed by atoms with Crippen molar-refractivity contribution >= 4 is 58.6 Å². The van der Waals surface area contributed by atoms with E-state index < -0.39 is 0 Å². The zero-order valence-electron chi connectivity index (χ0n) is 12.0. The number of benzene rings is 2. The molecule has 0 amide bonds. The van der Waals surface area contributed by atoms with Crippen molar-refractivity contribution in [3.63, 3.8) is 0 Å². The van der Waals surface area contributed by atoms with Gasteiger partial charge in [-0.25, -0.2) is 9.66 Å². The van der Waals surface area contributed by atoms with Crippen LogP contribution in [0, 0.1) is 0 Å². The molecule has 1 aromatic heterocycles. The van der Waals surface area contributed by atoms with Crippen molar-refractivity contribution in [1.29, 1.82) is 0 Å². The predicted molar refractivity (Wildman–Crippen MR) is 102 cm³/mol. The van der Waals surface area contributed by atoms with E-state index in [4.69, 9.17) is 52.1 Å². The van der Waals surface area contributed by atoms with Gasteiger partial charge in [-0.15, -0.1) is 0 Å². The average Bonchev–Trinajstić information content (AvgIpc) is 2.90. The highest BCUT2D eigenvalue weighted by molar-refractivity contribution is 6.42. The molecule has 2 aromatic carbocycles. The van der Waals surface area contributed by atoms with Crippen molar-refractivity contribution in [3.05, 3.63) is 68.2 Å². The standard InChI is InChI=1S/C16H10Cl4N4/c17-11-3-1-10(13(19)6-11)7-22-24-8-15(23-16(24)21)9-2-4-12(18)14(20)5-9/h1-8H,(H2,21,23)/b22-7+. The molecular weight excluding hydrogens is 390 g/mol. The van der Waals surface area contributed by atoms with Crippen molar-refractivity contribution in [2.75, 3.05) is 5.73 Å². The molecule has 0 radical (unpaired) electrons. The Bertz CT molecular complexity index is 934. The second-order valence-electron chi connectivity index (χ2n) is 4.87. The lowest BCUT2D eigenvalue weighted by Gasteiger charge is -1.99. The van der Waals surface area contributed by atoms with Crippen molar-refractivity contribution in [3.8, 4) is 11.3 Å². The molecule has 24 heavy (non-hydrogen) atoms. The second-order valence-corrected chi connectivity index (χ2v) is 6.53. The number of anilines is 1. The van der Waals surface area contributed by atoms with Gasteiger partial charge < -0.3 is 5.73 Å². The van der Waals surface area contributed by atoms with Gasteiger partial charge in [-0.3, -0.25) is 0 Å². The molecule has 8 heteroatoms. The minimum Gasteiger partial charge on any atom is -0.368 e. The van der Waals surface area contributed by atoms with Crippen LogP contribution in [0.2, 0.25) is 20.1 Å². The van der Waals surface area contributed by atoms with Gasteiger partial charge in [0, 0.05) is 16.1 Å². The van der Waals surface area contributed by atoms with Crippen LogP contribution in [0.4, 0.5) is 5.95 Å². The van der Waals surface area contributed by atoms with E-state index in [0.717, 1.165) is 5.56 Å². The molecule has 0 saturated carbocycles. The molecule has 0 aliphatic carbocycles. The number of hydrogen-bond donors (Lipinski definition) is 1. The largest absolute Gasteiger partial charge is 0.368 e. The van der Waals surface area contributed by atoms with Crippen LogP contribution >= 0.6 is 46.4 Å². The molecule has 4 nitrogen and oxygen atoms in total. The van der Waals surface area contributed by atoms with Crippen LogP contribution in [0.1, 0.15) is 5.56 Å². The highest BCUT2D eigenvalue weighted by atomic mass is 35.5. The summed E-state index contributed by atoms with van der Waals surface area (Å²) in [7, 11) is 0. The molecule has 1 heterocycles. The quantitative estimate of drug-likeness (QED) is 0.580. The topological polar surface area (TPSA) is 56.2 Å². The summed E-state index contributed by atoms with van der Waals surface area (Å²) < 4.78 is 1.45. The van der Waals surface area contributed by atoms with E-state index in [1.54, 1.807) is 48.8 Å². The third-order valence-electron chi connectivity index (χ3n) is 3.21. The van der Waals surface area contributed by atoms with Gasteiger partial charge in [0.05, 0.1) is 33.2 Å². The molecule has 0 aliphatic rings. The van der Waals surface area contributed by atoms with Crippen LogP contribution in [-0.4, -0.2) is 15.9 Å². The third kappa shape index (κ3) is 3.68. The van der Waals surface area contributed by atoms with Gasteiger partial charge in [0.25, 0.3) is 0 Å². The SMILES string of the molecule is Nc1nc(-c2ccc(Cl)c(Cl)c2)cn1/N=C/c1ccc(Cl)cc1Cl. The van der Waals surface area contributed by atoms with Crippen LogP contribution in [0.5, 0.6) is 0 Å². The lowest BCUT2D eigenvalue weighted by molar-refractivity contribution is 0.898. The van der Waals surface area contributed by atoms with E-state index in [1.165, 1.54) is 4.68 Å². The zero-order chi connectivity index (χ0) is 17.3. The maximum Gasteiger partial charge on any atom is 0.221 e. The second kappa shape index (κ2) is 7.03. The minimum absolute atomic E-state index is 0.234. The van der Waals surface area contributed by atoms with Crippen LogP contribution in [0.15, 0.2) is 47.7 Å². The molecule has 0 fully saturated rings. The maximum absolute atomic E-state index is 6.11. The van der Waals surface area contributed by atoms with E-state index in [0.29, 0.717) is 31.3 Å². The Labute approximate surface area is 158 Å². The fourth-order valence-electron chi connectivity index (χ4n) is 2.00. The van der Waals surface area contributed by atoms with Crippen molar-refractivity contribution in [1.82, 2.24) is 9.66 Å². The van der Waals surface area contributed by atoms with Gasteiger partial charge in [0.2, 0.25) is 5.95 Å². The summed E-state index contributed by atoms with van der Waals surface area (Å²) in [5, 5.41) is 6.24. The van der Waals surface area contributed by atoms with Gasteiger partial charge in [-0.1, -0.05) is 58.5 Å². The van der Waals surface area contributed by atoms with E-state index in [1.807, 2.05) is 0 Å². The van der Waals surface area contributed by atoms with Crippen molar-refractivity contribution in [2.24, 2.45) is 5.10 Å². The number of aromatic nitrogens is 2. The van der Waals surface area contributed by atoms with Gasteiger partial charge in [0.15, 0.2) is 0 Å². The number of hydrogen-bond acceptors (Lipinski definition) is 3. The van der Waals surface area contributed by atoms with Gasteiger partial charge in [-0.2, -0.15) is 5.10 Å². The summed E-state index contributed by atoms with van der Waals surface area (Å²) >= 11 is 23.9. The van der Waals surface area contributed by atoms with Crippen LogP contribution in [0.3, 0.4) is 0 Å². The number of rotatable bonds is 3. The number of nitrogen functional groups attached to an aromatic ring is 1. The summed E-state index contributed by atoms with van der Waals surface area (Å²) in [6, 6.07) is 10.4. The third-order valence-corrected chi connectivity index (χ3v) is 4.51. The van der Waals surface area contributed by atoms with Gasteiger partial charge in [-0.05, 0) is 24.3 Å². The Kier molecular flexibility index (Phi) is 5.01. The fraction of sp³-hybridized carbons (Fsp3) is 0. The zero-order valence-corrected chi connectivity index (χ0v) is 15.1. The number of halogens is 4. The summed E-state index contributed by atoms with van der Waals surface area (Å²) in [5.41, 5.74) is 8.03. The minimum atomic E-state index is 0.234. The van der Waals surface area contributed by atoms with Gasteiger partial charge >= 0.3 is 0 Å². The molecule has 122 valence electrons. The first-order valence-electron chi connectivity index (χ1n) is 6.74. The summed E-state index contributed by atoms with van der Waals surface area (Å²) in [4.78, 5) is 4.27. The van der Waals surface area contributed by atoms with Crippen molar-refractivity contribution < 1.29 is 0 Å².